The Hall–Kier alpha value is -0.620. The molecule has 1 heterocycles. The third kappa shape index (κ3) is 2.54. The summed E-state index contributed by atoms with van der Waals surface area (Å²) in [5.41, 5.74) is 6.43. The van der Waals surface area contributed by atoms with Crippen LogP contribution < -0.4 is 5.73 Å². The second kappa shape index (κ2) is 5.17. The van der Waals surface area contributed by atoms with Crippen LogP contribution in [-0.4, -0.2) is 31.9 Å². The minimum Gasteiger partial charge on any atom is -0.327 e. The normalized spacial score (nSPS) is 22.1. The van der Waals surface area contributed by atoms with Gasteiger partial charge < -0.3 is 5.73 Å². The van der Waals surface area contributed by atoms with E-state index in [0.29, 0.717) is 23.7 Å². The molecule has 0 aromatic heterocycles. The fourth-order valence-corrected chi connectivity index (χ4v) is 4.21. The molecule has 0 amide bonds. The zero-order chi connectivity index (χ0) is 13.3. The van der Waals surface area contributed by atoms with Crippen LogP contribution in [0.2, 0.25) is 5.02 Å². The molecule has 0 spiro atoms. The third-order valence-corrected chi connectivity index (χ3v) is 5.68. The predicted octanol–water partition coefficient (Wildman–Crippen LogP) is 1.76. The maximum atomic E-state index is 12.5. The summed E-state index contributed by atoms with van der Waals surface area (Å²) in [4.78, 5) is 0.282. The van der Waals surface area contributed by atoms with Crippen molar-refractivity contribution in [3.05, 3.63) is 28.8 Å². The van der Waals surface area contributed by atoms with E-state index in [1.54, 1.807) is 25.1 Å². The van der Waals surface area contributed by atoms with Crippen LogP contribution in [0.25, 0.3) is 0 Å². The van der Waals surface area contributed by atoms with Gasteiger partial charge in [-0.25, -0.2) is 8.42 Å². The Bertz CT molecular complexity index is 545. The molecule has 1 unspecified atom stereocenters. The van der Waals surface area contributed by atoms with Gasteiger partial charge in [0.05, 0.1) is 4.90 Å². The number of rotatable bonds is 2. The van der Waals surface area contributed by atoms with Gasteiger partial charge >= 0.3 is 0 Å². The van der Waals surface area contributed by atoms with Crippen molar-refractivity contribution >= 4 is 21.6 Å². The molecular weight excluding hydrogens is 272 g/mol. The summed E-state index contributed by atoms with van der Waals surface area (Å²) in [6.45, 7) is 2.63. The molecule has 2 rings (SSSR count). The van der Waals surface area contributed by atoms with E-state index in [0.717, 1.165) is 12.8 Å². The highest BCUT2D eigenvalue weighted by atomic mass is 35.5. The zero-order valence-corrected chi connectivity index (χ0v) is 11.8. The van der Waals surface area contributed by atoms with E-state index < -0.39 is 10.0 Å². The van der Waals surface area contributed by atoms with Crippen LogP contribution in [0, 0.1) is 6.92 Å². The van der Waals surface area contributed by atoms with Gasteiger partial charge in [-0.3, -0.25) is 0 Å². The first kappa shape index (κ1) is 13.8. The van der Waals surface area contributed by atoms with Crippen molar-refractivity contribution in [3.63, 3.8) is 0 Å². The molecule has 1 fully saturated rings. The van der Waals surface area contributed by atoms with Gasteiger partial charge in [0.1, 0.15) is 0 Å². The van der Waals surface area contributed by atoms with Crippen LogP contribution in [0.1, 0.15) is 18.4 Å². The number of nitrogens with zero attached hydrogens (tertiary/aromatic N) is 1. The second-order valence-corrected chi connectivity index (χ2v) is 6.94. The molecular formula is C12H17ClN2O2S. The Labute approximate surface area is 113 Å². The molecule has 18 heavy (non-hydrogen) atoms. The molecule has 1 saturated heterocycles. The predicted molar refractivity (Wildman–Crippen MR) is 72.2 cm³/mol. The summed E-state index contributed by atoms with van der Waals surface area (Å²) in [6, 6.07) is 4.87. The third-order valence-electron chi connectivity index (χ3n) is 3.26. The summed E-state index contributed by atoms with van der Waals surface area (Å²) in [5.74, 6) is 0. The van der Waals surface area contributed by atoms with Crippen LogP contribution in [-0.2, 0) is 10.0 Å². The topological polar surface area (TPSA) is 63.4 Å². The minimum absolute atomic E-state index is 0.0759. The lowest BCUT2D eigenvalue weighted by molar-refractivity contribution is 0.316. The van der Waals surface area contributed by atoms with Gasteiger partial charge in [0.15, 0.2) is 0 Å². The second-order valence-electron chi connectivity index (χ2n) is 4.63. The largest absolute Gasteiger partial charge is 0.327 e. The van der Waals surface area contributed by atoms with Crippen molar-refractivity contribution in [2.45, 2.75) is 30.7 Å². The average Bonchev–Trinajstić information content (AvgIpc) is 2.32. The summed E-state index contributed by atoms with van der Waals surface area (Å²) in [5, 5.41) is 0.470. The van der Waals surface area contributed by atoms with Gasteiger partial charge in [-0.15, -0.1) is 0 Å². The van der Waals surface area contributed by atoms with E-state index in [1.807, 2.05) is 0 Å². The SMILES string of the molecule is Cc1c(Cl)cccc1S(=O)(=O)N1CCCC(N)C1. The first-order chi connectivity index (χ1) is 8.43. The monoisotopic (exact) mass is 288 g/mol. The Morgan fingerprint density at radius 1 is 1.44 bits per heavy atom. The van der Waals surface area contributed by atoms with Gasteiger partial charge in [0.25, 0.3) is 0 Å². The summed E-state index contributed by atoms with van der Waals surface area (Å²) >= 11 is 5.98. The maximum Gasteiger partial charge on any atom is 0.243 e. The van der Waals surface area contributed by atoms with Crippen molar-refractivity contribution in [1.82, 2.24) is 4.31 Å². The average molecular weight is 289 g/mol. The number of hydrogen-bond donors (Lipinski definition) is 1. The van der Waals surface area contributed by atoms with Crippen molar-refractivity contribution in [3.8, 4) is 0 Å². The molecule has 6 heteroatoms. The molecule has 0 saturated carbocycles. The lowest BCUT2D eigenvalue weighted by Crippen LogP contribution is -2.45. The van der Waals surface area contributed by atoms with Gasteiger partial charge in [-0.05, 0) is 37.5 Å². The van der Waals surface area contributed by atoms with E-state index in [2.05, 4.69) is 0 Å². The molecule has 1 aliphatic rings. The molecule has 1 aromatic carbocycles. The lowest BCUT2D eigenvalue weighted by atomic mass is 10.1. The summed E-state index contributed by atoms with van der Waals surface area (Å²) in [6.07, 6.45) is 1.68. The Balaban J connectivity index is 2.39. The number of piperidine rings is 1. The van der Waals surface area contributed by atoms with Gasteiger partial charge in [0, 0.05) is 24.2 Å². The highest BCUT2D eigenvalue weighted by molar-refractivity contribution is 7.89. The van der Waals surface area contributed by atoms with Gasteiger partial charge in [-0.1, -0.05) is 17.7 Å². The molecule has 1 aliphatic heterocycles. The molecule has 2 N–H and O–H groups in total. The van der Waals surface area contributed by atoms with E-state index in [9.17, 15) is 8.42 Å². The fourth-order valence-electron chi connectivity index (χ4n) is 2.20. The molecule has 0 aliphatic carbocycles. The molecule has 1 atom stereocenters. The number of nitrogens with two attached hydrogens (primary N) is 1. The summed E-state index contributed by atoms with van der Waals surface area (Å²) in [7, 11) is -3.48. The smallest absolute Gasteiger partial charge is 0.243 e. The van der Waals surface area contributed by atoms with E-state index in [1.165, 1.54) is 4.31 Å². The van der Waals surface area contributed by atoms with Gasteiger partial charge in [-0.2, -0.15) is 4.31 Å². The number of halogens is 1. The molecule has 0 radical (unpaired) electrons. The summed E-state index contributed by atoms with van der Waals surface area (Å²) < 4.78 is 26.5. The molecule has 4 nitrogen and oxygen atoms in total. The standard InChI is InChI=1S/C12H17ClN2O2S/c1-9-11(13)5-2-6-12(9)18(16,17)15-7-3-4-10(14)8-15/h2,5-6,10H,3-4,7-8,14H2,1H3. The van der Waals surface area contributed by atoms with Crippen molar-refractivity contribution in [2.24, 2.45) is 5.73 Å². The van der Waals surface area contributed by atoms with E-state index >= 15 is 0 Å². The molecule has 100 valence electrons. The minimum atomic E-state index is -3.48. The first-order valence-corrected chi connectivity index (χ1v) is 7.75. The van der Waals surface area contributed by atoms with E-state index in [4.69, 9.17) is 17.3 Å². The Morgan fingerprint density at radius 3 is 2.83 bits per heavy atom. The quantitative estimate of drug-likeness (QED) is 0.902. The van der Waals surface area contributed by atoms with Crippen molar-refractivity contribution < 1.29 is 8.42 Å². The molecule has 0 bridgehead atoms. The first-order valence-electron chi connectivity index (χ1n) is 5.94. The van der Waals surface area contributed by atoms with Crippen LogP contribution >= 0.6 is 11.6 Å². The van der Waals surface area contributed by atoms with Crippen molar-refractivity contribution in [2.75, 3.05) is 13.1 Å². The lowest BCUT2D eigenvalue weighted by Gasteiger charge is -2.30. The number of sulfonamides is 1. The zero-order valence-electron chi connectivity index (χ0n) is 10.3. The maximum absolute atomic E-state index is 12.5. The van der Waals surface area contributed by atoms with Crippen LogP contribution in [0.4, 0.5) is 0 Å². The van der Waals surface area contributed by atoms with Crippen LogP contribution in [0.3, 0.4) is 0 Å². The van der Waals surface area contributed by atoms with Crippen LogP contribution in [0.5, 0.6) is 0 Å². The number of benzene rings is 1. The van der Waals surface area contributed by atoms with Crippen LogP contribution in [0.15, 0.2) is 23.1 Å². The van der Waals surface area contributed by atoms with Gasteiger partial charge in [0.2, 0.25) is 10.0 Å². The highest BCUT2D eigenvalue weighted by Crippen LogP contribution is 2.27. The number of hydrogen-bond acceptors (Lipinski definition) is 3. The molecule has 1 aromatic rings. The Kier molecular flexibility index (Phi) is 3.96. The Morgan fingerprint density at radius 2 is 2.17 bits per heavy atom. The fraction of sp³-hybridized carbons (Fsp3) is 0.500. The van der Waals surface area contributed by atoms with Crippen molar-refractivity contribution in [1.29, 1.82) is 0 Å². The highest BCUT2D eigenvalue weighted by Gasteiger charge is 2.30. The van der Waals surface area contributed by atoms with E-state index in [-0.39, 0.29) is 10.9 Å².